The number of carbonyl (C=O) groups is 1. The lowest BCUT2D eigenvalue weighted by molar-refractivity contribution is -0.136. The molecule has 0 radical (unpaired) electrons. The molecule has 112 valence electrons. The first-order valence-corrected chi connectivity index (χ1v) is 7.11. The molecule has 2 aromatic rings. The van der Waals surface area contributed by atoms with Gasteiger partial charge in [-0.15, -0.1) is 0 Å². The van der Waals surface area contributed by atoms with E-state index >= 15 is 0 Å². The molecule has 0 aliphatic rings. The highest BCUT2D eigenvalue weighted by atomic mass is 16.4. The number of aliphatic carboxylic acids is 1. The second-order valence-corrected chi connectivity index (χ2v) is 5.60. The maximum absolute atomic E-state index is 10.7. The molecule has 0 fully saturated rings. The summed E-state index contributed by atoms with van der Waals surface area (Å²) < 4.78 is 0. The van der Waals surface area contributed by atoms with Crippen molar-refractivity contribution < 1.29 is 15.0 Å². The molecule has 2 unspecified atom stereocenters. The molecule has 0 amide bonds. The van der Waals surface area contributed by atoms with Crippen LogP contribution in [0.25, 0.3) is 10.8 Å². The molecule has 0 saturated carbocycles. The smallest absolute Gasteiger partial charge is 0.317 e. The van der Waals surface area contributed by atoms with Crippen molar-refractivity contribution in [3.63, 3.8) is 0 Å². The van der Waals surface area contributed by atoms with Gasteiger partial charge in [0.15, 0.2) is 0 Å². The summed E-state index contributed by atoms with van der Waals surface area (Å²) in [5.41, 5.74) is 0.797. The van der Waals surface area contributed by atoms with E-state index in [-0.39, 0.29) is 18.5 Å². The Morgan fingerprint density at radius 1 is 1.14 bits per heavy atom. The molecule has 0 aliphatic carbocycles. The van der Waals surface area contributed by atoms with Crippen LogP contribution in [-0.4, -0.2) is 28.8 Å². The van der Waals surface area contributed by atoms with E-state index in [9.17, 15) is 9.90 Å². The van der Waals surface area contributed by atoms with E-state index in [1.807, 2.05) is 56.3 Å². The number of hydrogen-bond acceptors (Lipinski definition) is 3. The van der Waals surface area contributed by atoms with Crippen molar-refractivity contribution in [2.24, 2.45) is 5.92 Å². The molecule has 0 aromatic heterocycles. The molecule has 4 heteroatoms. The van der Waals surface area contributed by atoms with Crippen LogP contribution in [0.5, 0.6) is 0 Å². The molecule has 0 saturated heterocycles. The van der Waals surface area contributed by atoms with E-state index in [1.54, 1.807) is 0 Å². The minimum absolute atomic E-state index is 0.117. The SMILES string of the molecule is CC(C)C(NCC(=O)O)C(O)c1ccc2ccccc2c1. The van der Waals surface area contributed by atoms with Crippen molar-refractivity contribution in [2.75, 3.05) is 6.54 Å². The highest BCUT2D eigenvalue weighted by Crippen LogP contribution is 2.25. The van der Waals surface area contributed by atoms with Crippen LogP contribution < -0.4 is 5.32 Å². The Balaban J connectivity index is 2.24. The maximum Gasteiger partial charge on any atom is 0.317 e. The molecule has 3 N–H and O–H groups in total. The standard InChI is InChI=1S/C17H21NO3/c1-11(2)16(18-10-15(19)20)17(21)14-8-7-12-5-3-4-6-13(12)9-14/h3-9,11,16-18,21H,10H2,1-2H3,(H,19,20). The molecule has 21 heavy (non-hydrogen) atoms. The average Bonchev–Trinajstić information content (AvgIpc) is 2.46. The molecular weight excluding hydrogens is 266 g/mol. The summed E-state index contributed by atoms with van der Waals surface area (Å²) >= 11 is 0. The van der Waals surface area contributed by atoms with Gasteiger partial charge in [0, 0.05) is 6.04 Å². The molecule has 0 heterocycles. The Morgan fingerprint density at radius 2 is 1.81 bits per heavy atom. The van der Waals surface area contributed by atoms with Gasteiger partial charge in [-0.2, -0.15) is 0 Å². The third-order valence-corrected chi connectivity index (χ3v) is 3.66. The molecule has 0 spiro atoms. The maximum atomic E-state index is 10.7. The predicted molar refractivity (Wildman–Crippen MR) is 83.2 cm³/mol. The van der Waals surface area contributed by atoms with Gasteiger partial charge in [0.1, 0.15) is 0 Å². The summed E-state index contributed by atoms with van der Waals surface area (Å²) in [5.74, 6) is -0.808. The van der Waals surface area contributed by atoms with E-state index in [1.165, 1.54) is 0 Å². The van der Waals surface area contributed by atoms with Crippen LogP contribution in [0, 0.1) is 5.92 Å². The van der Waals surface area contributed by atoms with Gasteiger partial charge < -0.3 is 15.5 Å². The van der Waals surface area contributed by atoms with Gasteiger partial charge in [0.2, 0.25) is 0 Å². The first kappa shape index (κ1) is 15.5. The second kappa shape index (κ2) is 6.70. The zero-order valence-corrected chi connectivity index (χ0v) is 12.3. The van der Waals surface area contributed by atoms with Crippen LogP contribution >= 0.6 is 0 Å². The molecule has 2 rings (SSSR count). The summed E-state index contributed by atoms with van der Waals surface area (Å²) in [6.07, 6.45) is -0.742. The number of hydrogen-bond donors (Lipinski definition) is 3. The first-order valence-electron chi connectivity index (χ1n) is 7.11. The van der Waals surface area contributed by atoms with Crippen molar-refractivity contribution >= 4 is 16.7 Å². The Morgan fingerprint density at radius 3 is 2.43 bits per heavy atom. The lowest BCUT2D eigenvalue weighted by atomic mass is 9.92. The van der Waals surface area contributed by atoms with Crippen LogP contribution in [0.2, 0.25) is 0 Å². The lowest BCUT2D eigenvalue weighted by Crippen LogP contribution is -2.41. The molecule has 0 bridgehead atoms. The molecule has 4 nitrogen and oxygen atoms in total. The van der Waals surface area contributed by atoms with Crippen molar-refractivity contribution in [2.45, 2.75) is 26.0 Å². The minimum atomic E-state index is -0.925. The molecule has 2 atom stereocenters. The van der Waals surface area contributed by atoms with Gasteiger partial charge in [0.25, 0.3) is 0 Å². The number of fused-ring (bicyclic) bond motifs is 1. The second-order valence-electron chi connectivity index (χ2n) is 5.60. The quantitative estimate of drug-likeness (QED) is 0.763. The van der Waals surface area contributed by atoms with E-state index in [0.29, 0.717) is 0 Å². The van der Waals surface area contributed by atoms with E-state index in [0.717, 1.165) is 16.3 Å². The summed E-state index contributed by atoms with van der Waals surface area (Å²) in [4.78, 5) is 10.7. The fraction of sp³-hybridized carbons (Fsp3) is 0.353. The summed E-state index contributed by atoms with van der Waals surface area (Å²) in [7, 11) is 0. The van der Waals surface area contributed by atoms with E-state index < -0.39 is 12.1 Å². The lowest BCUT2D eigenvalue weighted by Gasteiger charge is -2.27. The summed E-state index contributed by atoms with van der Waals surface area (Å²) in [5, 5.41) is 24.5. The van der Waals surface area contributed by atoms with E-state index in [4.69, 9.17) is 5.11 Å². The number of rotatable bonds is 6. The highest BCUT2D eigenvalue weighted by molar-refractivity contribution is 5.83. The van der Waals surface area contributed by atoms with Crippen molar-refractivity contribution in [1.82, 2.24) is 5.32 Å². The Hall–Kier alpha value is -1.91. The zero-order valence-electron chi connectivity index (χ0n) is 12.3. The Bertz CT molecular complexity index is 624. The zero-order chi connectivity index (χ0) is 15.4. The fourth-order valence-corrected chi connectivity index (χ4v) is 2.52. The van der Waals surface area contributed by atoms with Gasteiger partial charge in [-0.3, -0.25) is 4.79 Å². The third-order valence-electron chi connectivity index (χ3n) is 3.66. The van der Waals surface area contributed by atoms with Crippen LogP contribution in [0.4, 0.5) is 0 Å². The van der Waals surface area contributed by atoms with Crippen LogP contribution in [0.3, 0.4) is 0 Å². The molecular formula is C17H21NO3. The number of benzene rings is 2. The minimum Gasteiger partial charge on any atom is -0.480 e. The number of aliphatic hydroxyl groups is 1. The summed E-state index contributed by atoms with van der Waals surface area (Å²) in [6.45, 7) is 3.76. The fourth-order valence-electron chi connectivity index (χ4n) is 2.52. The number of carboxylic acids is 1. The van der Waals surface area contributed by atoms with Crippen molar-refractivity contribution in [1.29, 1.82) is 0 Å². The third kappa shape index (κ3) is 3.80. The van der Waals surface area contributed by atoms with Crippen molar-refractivity contribution in [3.8, 4) is 0 Å². The van der Waals surface area contributed by atoms with Gasteiger partial charge in [0.05, 0.1) is 12.6 Å². The number of aliphatic hydroxyl groups excluding tert-OH is 1. The van der Waals surface area contributed by atoms with Gasteiger partial charge in [-0.1, -0.05) is 50.2 Å². The number of carboxylic acid groups (broad SMARTS) is 1. The number of nitrogens with one attached hydrogen (secondary N) is 1. The van der Waals surface area contributed by atoms with Crippen LogP contribution in [0.15, 0.2) is 42.5 Å². The first-order chi connectivity index (χ1) is 9.99. The van der Waals surface area contributed by atoms with Crippen LogP contribution in [0.1, 0.15) is 25.5 Å². The van der Waals surface area contributed by atoms with Gasteiger partial charge in [-0.25, -0.2) is 0 Å². The molecule has 0 aliphatic heterocycles. The largest absolute Gasteiger partial charge is 0.480 e. The highest BCUT2D eigenvalue weighted by Gasteiger charge is 2.24. The van der Waals surface area contributed by atoms with Gasteiger partial charge >= 0.3 is 5.97 Å². The predicted octanol–water partition coefficient (Wildman–Crippen LogP) is 2.57. The van der Waals surface area contributed by atoms with Gasteiger partial charge in [-0.05, 0) is 28.3 Å². The van der Waals surface area contributed by atoms with Crippen molar-refractivity contribution in [3.05, 3.63) is 48.0 Å². The van der Waals surface area contributed by atoms with E-state index in [2.05, 4.69) is 5.32 Å². The normalized spacial score (nSPS) is 14.3. The topological polar surface area (TPSA) is 69.6 Å². The summed E-state index contributed by atoms with van der Waals surface area (Å²) in [6, 6.07) is 13.5. The average molecular weight is 287 g/mol. The Labute approximate surface area is 124 Å². The molecule has 2 aromatic carbocycles. The Kier molecular flexibility index (Phi) is 4.94. The van der Waals surface area contributed by atoms with Crippen LogP contribution in [-0.2, 0) is 4.79 Å². The monoisotopic (exact) mass is 287 g/mol.